The molecule has 1 radical (unpaired) electrons. The summed E-state index contributed by atoms with van der Waals surface area (Å²) in [5.74, 6) is 0. The molecule has 2 heteroatoms. The van der Waals surface area contributed by atoms with E-state index in [0.717, 1.165) is 0 Å². The lowest BCUT2D eigenvalue weighted by molar-refractivity contribution is 0.560. The Morgan fingerprint density at radius 3 is 1.75 bits per heavy atom. The first-order valence-corrected chi connectivity index (χ1v) is 0.704. The Balaban J connectivity index is 0. The summed E-state index contributed by atoms with van der Waals surface area (Å²) in [5.41, 5.74) is 0. The maximum Gasteiger partial charge on any atom is 0.195 e. The monoisotopic (exact) mass is 79.0 g/mol. The number of hydrogen-bond acceptors (Lipinski definition) is 1. The van der Waals surface area contributed by atoms with Crippen LogP contribution in [0.4, 0.5) is 0 Å². The summed E-state index contributed by atoms with van der Waals surface area (Å²) in [6.45, 7) is 1.32. The average Bonchev–Trinajstić information content (AvgIpc) is 0.918. The lowest BCUT2D eigenvalue weighted by atomic mass is 11.0. The van der Waals surface area contributed by atoms with Crippen molar-refractivity contribution in [3.63, 3.8) is 0 Å². The second kappa shape index (κ2) is 12.3. The van der Waals surface area contributed by atoms with E-state index in [2.05, 4.69) is 0 Å². The summed E-state index contributed by atoms with van der Waals surface area (Å²) in [7, 11) is 0. The van der Waals surface area contributed by atoms with Crippen LogP contribution in [0.2, 0.25) is 0 Å². The predicted octanol–water partition coefficient (Wildman–Crippen LogP) is 0.538. The molecule has 0 aromatic heterocycles. The maximum atomic E-state index is 8.68. The zero-order valence-corrected chi connectivity index (χ0v) is 3.13. The third kappa shape index (κ3) is 1130. The fourth-order valence-corrected chi connectivity index (χ4v) is 0. The van der Waals surface area contributed by atoms with Gasteiger partial charge in [-0.15, -0.1) is 12.4 Å². The van der Waals surface area contributed by atoms with E-state index in [1.165, 1.54) is 13.2 Å². The SMILES string of the molecule is C[C]=O.Cl. The normalized spacial score (nSPS) is 3.25. The molecule has 0 aliphatic rings. The largest absolute Gasteiger partial charge is 0.291 e. The van der Waals surface area contributed by atoms with Gasteiger partial charge in [0.1, 0.15) is 0 Å². The standard InChI is InChI=1S/C2H3O.ClH/c1-2-3;/h1H3;1H. The summed E-state index contributed by atoms with van der Waals surface area (Å²) < 4.78 is 0. The highest BCUT2D eigenvalue weighted by atomic mass is 35.5. The third-order valence-corrected chi connectivity index (χ3v) is 0. The smallest absolute Gasteiger partial charge is 0.195 e. The topological polar surface area (TPSA) is 17.1 Å². The van der Waals surface area contributed by atoms with Gasteiger partial charge in [-0.05, 0) is 0 Å². The van der Waals surface area contributed by atoms with Crippen molar-refractivity contribution in [2.45, 2.75) is 6.92 Å². The van der Waals surface area contributed by atoms with Crippen LogP contribution in [-0.2, 0) is 4.79 Å². The molecule has 4 heavy (non-hydrogen) atoms. The van der Waals surface area contributed by atoms with Crippen LogP contribution in [0, 0.1) is 0 Å². The van der Waals surface area contributed by atoms with Gasteiger partial charge in [0, 0.05) is 6.92 Å². The van der Waals surface area contributed by atoms with E-state index in [1.54, 1.807) is 0 Å². The molecule has 0 saturated carbocycles. The number of carbonyl (C=O) groups excluding carboxylic acids is 1. The molecule has 0 rings (SSSR count). The fourth-order valence-electron chi connectivity index (χ4n) is 0. The predicted molar refractivity (Wildman–Crippen MR) is 18.6 cm³/mol. The second-order valence-corrected chi connectivity index (χ2v) is 0.204. The first-order chi connectivity index (χ1) is 1.41. The lowest BCUT2D eigenvalue weighted by Crippen LogP contribution is -1.35. The highest BCUT2D eigenvalue weighted by molar-refractivity contribution is 5.85. The maximum absolute atomic E-state index is 8.68. The van der Waals surface area contributed by atoms with Crippen molar-refractivity contribution in [1.29, 1.82) is 0 Å². The molecule has 25 valence electrons. The van der Waals surface area contributed by atoms with Crippen molar-refractivity contribution >= 4 is 18.7 Å². The van der Waals surface area contributed by atoms with Crippen LogP contribution < -0.4 is 0 Å². The molecule has 0 heterocycles. The molecule has 0 bridgehead atoms. The van der Waals surface area contributed by atoms with Gasteiger partial charge < -0.3 is 0 Å². The van der Waals surface area contributed by atoms with Crippen LogP contribution in [0.3, 0.4) is 0 Å². The Hall–Kier alpha value is -0.0400. The van der Waals surface area contributed by atoms with Gasteiger partial charge in [-0.25, -0.2) is 0 Å². The summed E-state index contributed by atoms with van der Waals surface area (Å²) in [6, 6.07) is 0. The van der Waals surface area contributed by atoms with Crippen LogP contribution in [-0.4, -0.2) is 6.29 Å². The van der Waals surface area contributed by atoms with E-state index in [1.807, 2.05) is 0 Å². The lowest BCUT2D eigenvalue weighted by Gasteiger charge is -1.19. The Morgan fingerprint density at radius 2 is 1.75 bits per heavy atom. The Labute approximate surface area is 31.4 Å². The number of rotatable bonds is 0. The minimum absolute atomic E-state index is 0. The van der Waals surface area contributed by atoms with Gasteiger partial charge in [0.2, 0.25) is 0 Å². The summed E-state index contributed by atoms with van der Waals surface area (Å²) in [6.07, 6.45) is 1.50. The highest BCUT2D eigenvalue weighted by Crippen LogP contribution is 1.13. The van der Waals surface area contributed by atoms with Crippen LogP contribution in [0.1, 0.15) is 6.92 Å². The van der Waals surface area contributed by atoms with Crippen molar-refractivity contribution in [2.75, 3.05) is 0 Å². The quantitative estimate of drug-likeness (QED) is 0.414. The number of hydrogen-bond donors (Lipinski definition) is 0. The Bertz CT molecular complexity index is 13.5. The summed E-state index contributed by atoms with van der Waals surface area (Å²) in [4.78, 5) is 8.68. The molecule has 0 amide bonds. The molecule has 0 aromatic carbocycles. The third-order valence-electron chi connectivity index (χ3n) is 0. The molecule has 0 unspecified atom stereocenters. The molecule has 0 fully saturated rings. The number of halogens is 1. The van der Waals surface area contributed by atoms with Gasteiger partial charge in [0.25, 0.3) is 0 Å². The van der Waals surface area contributed by atoms with Crippen LogP contribution in [0.15, 0.2) is 0 Å². The molecule has 0 atom stereocenters. The second-order valence-electron chi connectivity index (χ2n) is 0.204. The minimum Gasteiger partial charge on any atom is -0.291 e. The summed E-state index contributed by atoms with van der Waals surface area (Å²) in [5, 5.41) is 0. The van der Waals surface area contributed by atoms with E-state index in [4.69, 9.17) is 4.79 Å². The van der Waals surface area contributed by atoms with E-state index in [0.29, 0.717) is 0 Å². The Morgan fingerprint density at radius 1 is 1.75 bits per heavy atom. The van der Waals surface area contributed by atoms with Gasteiger partial charge in [-0.2, -0.15) is 0 Å². The van der Waals surface area contributed by atoms with Crippen LogP contribution >= 0.6 is 12.4 Å². The minimum atomic E-state index is 0. The van der Waals surface area contributed by atoms with Gasteiger partial charge in [0.15, 0.2) is 6.29 Å². The van der Waals surface area contributed by atoms with Crippen molar-refractivity contribution in [2.24, 2.45) is 0 Å². The molecule has 0 spiro atoms. The molecule has 0 aliphatic carbocycles. The molecule has 0 N–H and O–H groups in total. The zero-order valence-electron chi connectivity index (χ0n) is 2.32. The van der Waals surface area contributed by atoms with E-state index in [9.17, 15) is 0 Å². The van der Waals surface area contributed by atoms with Crippen molar-refractivity contribution < 1.29 is 4.79 Å². The molecule has 0 aliphatic heterocycles. The van der Waals surface area contributed by atoms with E-state index >= 15 is 0 Å². The highest BCUT2D eigenvalue weighted by Gasteiger charge is 1.29. The first kappa shape index (κ1) is 9.03. The van der Waals surface area contributed by atoms with Gasteiger partial charge in [-0.1, -0.05) is 0 Å². The van der Waals surface area contributed by atoms with Crippen LogP contribution in [0.25, 0.3) is 0 Å². The first-order valence-electron chi connectivity index (χ1n) is 0.704. The van der Waals surface area contributed by atoms with Crippen molar-refractivity contribution in [1.82, 2.24) is 0 Å². The summed E-state index contributed by atoms with van der Waals surface area (Å²) >= 11 is 0. The van der Waals surface area contributed by atoms with Crippen molar-refractivity contribution in [3.8, 4) is 0 Å². The van der Waals surface area contributed by atoms with Crippen LogP contribution in [0.5, 0.6) is 0 Å². The van der Waals surface area contributed by atoms with E-state index < -0.39 is 0 Å². The average molecular weight is 79.5 g/mol. The van der Waals surface area contributed by atoms with E-state index in [-0.39, 0.29) is 12.4 Å². The molecule has 0 aromatic rings. The van der Waals surface area contributed by atoms with Gasteiger partial charge in [-0.3, -0.25) is 4.79 Å². The van der Waals surface area contributed by atoms with Crippen molar-refractivity contribution in [3.05, 3.63) is 0 Å². The molecule has 0 saturated heterocycles. The molecular formula is C2H4ClO. The molecular weight excluding hydrogens is 75.5 g/mol. The van der Waals surface area contributed by atoms with Gasteiger partial charge in [0.05, 0.1) is 0 Å². The fraction of sp³-hybridized carbons (Fsp3) is 0.500. The Kier molecular flexibility index (Phi) is 27.9. The zero-order chi connectivity index (χ0) is 2.71. The molecule has 1 nitrogen and oxygen atoms in total. The van der Waals surface area contributed by atoms with Gasteiger partial charge >= 0.3 is 0 Å².